The number of nitrogens with zero attached hydrogens (tertiary/aromatic N) is 2. The number of fused-ring (bicyclic) bond motifs is 1. The number of hydrogen-bond donors (Lipinski definition) is 0. The van der Waals surface area contributed by atoms with Gasteiger partial charge in [0, 0.05) is 13.1 Å². The highest BCUT2D eigenvalue weighted by Gasteiger charge is 2.39. The molecule has 1 saturated carbocycles. The van der Waals surface area contributed by atoms with Crippen LogP contribution < -0.4 is 9.04 Å². The lowest BCUT2D eigenvalue weighted by Crippen LogP contribution is -2.49. The van der Waals surface area contributed by atoms with E-state index in [1.165, 1.54) is 8.61 Å². The molecule has 1 aromatic rings. The highest BCUT2D eigenvalue weighted by atomic mass is 32.2. The molecule has 1 aromatic carbocycles. The molecule has 116 valence electrons. The van der Waals surface area contributed by atoms with Crippen LogP contribution in [0.1, 0.15) is 25.3 Å². The molecule has 0 saturated heterocycles. The number of rotatable bonds is 4. The van der Waals surface area contributed by atoms with E-state index in [4.69, 9.17) is 4.74 Å². The van der Waals surface area contributed by atoms with Gasteiger partial charge in [0.25, 0.3) is 0 Å². The third kappa shape index (κ3) is 2.62. The Morgan fingerprint density at radius 1 is 1.38 bits per heavy atom. The van der Waals surface area contributed by atoms with Gasteiger partial charge in [0.2, 0.25) is 0 Å². The molecule has 3 rings (SSSR count). The van der Waals surface area contributed by atoms with Gasteiger partial charge >= 0.3 is 10.2 Å². The number of anilines is 1. The molecule has 21 heavy (non-hydrogen) atoms. The van der Waals surface area contributed by atoms with Crippen LogP contribution in [0.25, 0.3) is 0 Å². The van der Waals surface area contributed by atoms with Gasteiger partial charge in [-0.2, -0.15) is 12.7 Å². The van der Waals surface area contributed by atoms with Crippen LogP contribution in [0.2, 0.25) is 0 Å². The summed E-state index contributed by atoms with van der Waals surface area (Å²) >= 11 is 0. The van der Waals surface area contributed by atoms with Gasteiger partial charge in [0.05, 0.1) is 12.2 Å². The van der Waals surface area contributed by atoms with Crippen molar-refractivity contribution in [3.05, 3.63) is 23.8 Å². The molecule has 0 amide bonds. The maximum absolute atomic E-state index is 12.9. The minimum Gasteiger partial charge on any atom is -0.489 e. The molecule has 5 nitrogen and oxygen atoms in total. The minimum atomic E-state index is -3.51. The van der Waals surface area contributed by atoms with E-state index in [0.717, 1.165) is 18.4 Å². The monoisotopic (exact) mass is 310 g/mol. The highest BCUT2D eigenvalue weighted by molar-refractivity contribution is 7.90. The van der Waals surface area contributed by atoms with Crippen molar-refractivity contribution in [1.82, 2.24) is 4.31 Å². The summed E-state index contributed by atoms with van der Waals surface area (Å²) in [4.78, 5) is 0. The normalized spacial score (nSPS) is 20.1. The maximum Gasteiger partial charge on any atom is 0.304 e. The van der Waals surface area contributed by atoms with Gasteiger partial charge in [-0.1, -0.05) is 6.07 Å². The Labute approximate surface area is 126 Å². The van der Waals surface area contributed by atoms with Crippen LogP contribution in [0.15, 0.2) is 18.2 Å². The van der Waals surface area contributed by atoms with Crippen LogP contribution in [0.4, 0.5) is 5.69 Å². The Morgan fingerprint density at radius 3 is 2.76 bits per heavy atom. The van der Waals surface area contributed by atoms with E-state index in [1.54, 1.807) is 7.05 Å². The summed E-state index contributed by atoms with van der Waals surface area (Å²) in [6.07, 6.45) is 2.25. The largest absolute Gasteiger partial charge is 0.489 e. The van der Waals surface area contributed by atoms with E-state index in [1.807, 2.05) is 32.0 Å². The van der Waals surface area contributed by atoms with E-state index in [0.29, 0.717) is 30.5 Å². The minimum absolute atomic E-state index is 0.0479. The lowest BCUT2D eigenvalue weighted by atomic mass is 10.2. The van der Waals surface area contributed by atoms with Crippen LogP contribution in [0, 0.1) is 12.8 Å². The molecule has 0 unspecified atom stereocenters. The van der Waals surface area contributed by atoms with Crippen LogP contribution in [0.5, 0.6) is 5.75 Å². The zero-order valence-corrected chi connectivity index (χ0v) is 13.6. The fourth-order valence-corrected chi connectivity index (χ4v) is 4.39. The van der Waals surface area contributed by atoms with Gasteiger partial charge < -0.3 is 4.74 Å². The molecule has 1 aliphatic heterocycles. The Balaban J connectivity index is 1.93. The molecule has 0 aromatic heterocycles. The van der Waals surface area contributed by atoms with Crippen molar-refractivity contribution in [3.8, 4) is 5.75 Å². The fraction of sp³-hybridized carbons (Fsp3) is 0.600. The fourth-order valence-electron chi connectivity index (χ4n) is 2.78. The van der Waals surface area contributed by atoms with E-state index in [2.05, 4.69) is 0 Å². The topological polar surface area (TPSA) is 49.9 Å². The van der Waals surface area contributed by atoms with Gasteiger partial charge in [-0.15, -0.1) is 0 Å². The summed E-state index contributed by atoms with van der Waals surface area (Å²) in [7, 11) is -1.82. The third-order valence-electron chi connectivity index (χ3n) is 4.46. The first-order valence-electron chi connectivity index (χ1n) is 7.40. The molecule has 0 radical (unpaired) electrons. The highest BCUT2D eigenvalue weighted by Crippen LogP contribution is 2.38. The average molecular weight is 310 g/mol. The average Bonchev–Trinajstić information content (AvgIpc) is 3.29. The summed E-state index contributed by atoms with van der Waals surface area (Å²) in [5.74, 6) is 1.15. The summed E-state index contributed by atoms with van der Waals surface area (Å²) in [6, 6.07) is 5.69. The van der Waals surface area contributed by atoms with Gasteiger partial charge in [0.15, 0.2) is 0 Å². The second kappa shape index (κ2) is 5.18. The lowest BCUT2D eigenvalue weighted by Gasteiger charge is -2.35. The SMILES string of the molecule is Cc1ccc2c(c1)OCCN2S(=O)(=O)N(C)[C@@H](C)C1CC1. The standard InChI is InChI=1S/C15H22N2O3S/c1-11-4-7-14-15(10-11)20-9-8-17(14)21(18,19)16(3)12(2)13-5-6-13/h4,7,10,12-13H,5-6,8-9H2,1-3H3/t12-/m0/s1. The van der Waals surface area contributed by atoms with Crippen molar-refractivity contribution in [2.75, 3.05) is 24.5 Å². The number of aryl methyl sites for hydroxylation is 1. The Morgan fingerprint density at radius 2 is 2.10 bits per heavy atom. The number of benzene rings is 1. The predicted molar refractivity (Wildman–Crippen MR) is 82.9 cm³/mol. The second-order valence-electron chi connectivity index (χ2n) is 5.99. The van der Waals surface area contributed by atoms with Crippen LogP contribution in [0.3, 0.4) is 0 Å². The van der Waals surface area contributed by atoms with Gasteiger partial charge in [-0.3, -0.25) is 4.31 Å². The van der Waals surface area contributed by atoms with Crippen molar-refractivity contribution >= 4 is 15.9 Å². The summed E-state index contributed by atoms with van der Waals surface area (Å²) in [5, 5.41) is 0. The Hall–Kier alpha value is -1.27. The molecule has 2 aliphatic rings. The summed E-state index contributed by atoms with van der Waals surface area (Å²) in [5.41, 5.74) is 1.70. The first-order valence-corrected chi connectivity index (χ1v) is 8.80. The predicted octanol–water partition coefficient (Wildman–Crippen LogP) is 2.17. The van der Waals surface area contributed by atoms with E-state index in [-0.39, 0.29) is 6.04 Å². The third-order valence-corrected chi connectivity index (χ3v) is 6.45. The molecule has 0 N–H and O–H groups in total. The number of ether oxygens (including phenoxy) is 1. The molecular weight excluding hydrogens is 288 g/mol. The van der Waals surface area contributed by atoms with Crippen LogP contribution in [-0.2, 0) is 10.2 Å². The first-order chi connectivity index (χ1) is 9.91. The Bertz CT molecular complexity index is 640. The smallest absolute Gasteiger partial charge is 0.304 e. The maximum atomic E-state index is 12.9. The van der Waals surface area contributed by atoms with E-state index >= 15 is 0 Å². The van der Waals surface area contributed by atoms with Gasteiger partial charge in [0.1, 0.15) is 12.4 Å². The summed E-state index contributed by atoms with van der Waals surface area (Å²) in [6.45, 7) is 4.71. The summed E-state index contributed by atoms with van der Waals surface area (Å²) < 4.78 is 34.4. The first kappa shape index (κ1) is 14.7. The van der Waals surface area contributed by atoms with Gasteiger partial charge in [-0.25, -0.2) is 0 Å². The molecule has 0 bridgehead atoms. The lowest BCUT2D eigenvalue weighted by molar-refractivity contribution is 0.309. The zero-order valence-electron chi connectivity index (χ0n) is 12.7. The van der Waals surface area contributed by atoms with E-state index < -0.39 is 10.2 Å². The van der Waals surface area contributed by atoms with Crippen LogP contribution >= 0.6 is 0 Å². The molecule has 1 heterocycles. The molecule has 1 aliphatic carbocycles. The quantitative estimate of drug-likeness (QED) is 0.856. The van der Waals surface area contributed by atoms with Crippen molar-refractivity contribution in [1.29, 1.82) is 0 Å². The zero-order chi connectivity index (χ0) is 15.2. The second-order valence-corrected chi connectivity index (χ2v) is 7.91. The van der Waals surface area contributed by atoms with Crippen molar-refractivity contribution in [2.45, 2.75) is 32.7 Å². The molecule has 0 spiro atoms. The molecular formula is C15H22N2O3S. The van der Waals surface area contributed by atoms with Crippen molar-refractivity contribution < 1.29 is 13.2 Å². The van der Waals surface area contributed by atoms with E-state index in [9.17, 15) is 8.42 Å². The van der Waals surface area contributed by atoms with Crippen molar-refractivity contribution in [2.24, 2.45) is 5.92 Å². The van der Waals surface area contributed by atoms with Crippen LogP contribution in [-0.4, -0.2) is 39.0 Å². The van der Waals surface area contributed by atoms with Crippen molar-refractivity contribution in [3.63, 3.8) is 0 Å². The molecule has 1 atom stereocenters. The number of hydrogen-bond acceptors (Lipinski definition) is 3. The Kier molecular flexibility index (Phi) is 3.61. The molecule has 6 heteroatoms. The van der Waals surface area contributed by atoms with Gasteiger partial charge in [-0.05, 0) is 50.3 Å². The molecule has 1 fully saturated rings.